The molecule has 0 bridgehead atoms. The fraction of sp³-hybridized carbons (Fsp3) is 0.269. The molecule has 0 aliphatic rings. The lowest BCUT2D eigenvalue weighted by Crippen LogP contribution is -2.40. The Morgan fingerprint density at radius 1 is 1.14 bits per heavy atom. The molecule has 4 rings (SSSR count). The highest BCUT2D eigenvalue weighted by Gasteiger charge is 2.24. The number of alkyl halides is 2. The Morgan fingerprint density at radius 3 is 2.53 bits per heavy atom. The first-order valence-corrected chi connectivity index (χ1v) is 11.6. The summed E-state index contributed by atoms with van der Waals surface area (Å²) >= 11 is 6.04. The maximum Gasteiger partial charge on any atom is 0.394 e. The van der Waals surface area contributed by atoms with Crippen LogP contribution in [0.2, 0.25) is 5.02 Å². The van der Waals surface area contributed by atoms with Gasteiger partial charge in [-0.25, -0.2) is 9.78 Å². The zero-order valence-corrected chi connectivity index (χ0v) is 20.4. The molecule has 0 aliphatic carbocycles. The third kappa shape index (κ3) is 5.32. The van der Waals surface area contributed by atoms with E-state index in [1.54, 1.807) is 24.3 Å². The number of hydrogen-bond donors (Lipinski definition) is 1. The van der Waals surface area contributed by atoms with Crippen molar-refractivity contribution in [2.45, 2.75) is 32.4 Å². The van der Waals surface area contributed by atoms with E-state index < -0.39 is 17.4 Å². The van der Waals surface area contributed by atoms with Gasteiger partial charge in [-0.1, -0.05) is 35.9 Å². The van der Waals surface area contributed by atoms with Crippen LogP contribution < -0.4 is 16.0 Å². The molecule has 0 saturated carbocycles. The molecule has 10 heteroatoms. The second-order valence-corrected chi connectivity index (χ2v) is 8.90. The van der Waals surface area contributed by atoms with Gasteiger partial charge in [0.1, 0.15) is 11.4 Å². The lowest BCUT2D eigenvalue weighted by atomic mass is 9.94. The number of hydrogen-bond acceptors (Lipinski definition) is 5. The van der Waals surface area contributed by atoms with E-state index in [0.29, 0.717) is 28.6 Å². The monoisotopic (exact) mass is 515 g/mol. The minimum atomic E-state index is -3.37. The van der Waals surface area contributed by atoms with Gasteiger partial charge >= 0.3 is 11.8 Å². The predicted octanol–water partition coefficient (Wildman–Crippen LogP) is 4.38. The summed E-state index contributed by atoms with van der Waals surface area (Å²) in [7, 11) is 1.52. The number of halogens is 3. The molecule has 2 aromatic carbocycles. The van der Waals surface area contributed by atoms with Crippen LogP contribution >= 0.6 is 11.6 Å². The van der Waals surface area contributed by atoms with Crippen molar-refractivity contribution in [2.75, 3.05) is 6.61 Å². The number of nitrogens with zero attached hydrogens (tertiary/aromatic N) is 3. The number of aliphatic hydroxyl groups is 1. The fourth-order valence-electron chi connectivity index (χ4n) is 4.11. The van der Waals surface area contributed by atoms with Crippen LogP contribution in [0.1, 0.15) is 24.5 Å². The van der Waals surface area contributed by atoms with Gasteiger partial charge in [-0.3, -0.25) is 13.9 Å². The maximum atomic E-state index is 13.6. The van der Waals surface area contributed by atoms with Crippen LogP contribution in [0.25, 0.3) is 22.2 Å². The van der Waals surface area contributed by atoms with Crippen LogP contribution in [0, 0.1) is 0 Å². The van der Waals surface area contributed by atoms with Gasteiger partial charge in [0.2, 0.25) is 0 Å². The number of benzene rings is 2. The van der Waals surface area contributed by atoms with Crippen molar-refractivity contribution >= 4 is 22.6 Å². The second-order valence-electron chi connectivity index (χ2n) is 8.47. The summed E-state index contributed by atoms with van der Waals surface area (Å²) in [6.07, 6.45) is -1.34. The van der Waals surface area contributed by atoms with E-state index >= 15 is 0 Å². The molecule has 7 nitrogen and oxygen atoms in total. The zero-order chi connectivity index (χ0) is 26.0. The van der Waals surface area contributed by atoms with Crippen LogP contribution in [0.15, 0.2) is 64.3 Å². The lowest BCUT2D eigenvalue weighted by molar-refractivity contribution is -0.158. The second kappa shape index (κ2) is 10.2. The number of aryl methyl sites for hydroxylation is 1. The smallest absolute Gasteiger partial charge is 0.394 e. The summed E-state index contributed by atoms with van der Waals surface area (Å²) in [5.74, 6) is -0.0432. The van der Waals surface area contributed by atoms with Crippen LogP contribution in [0.3, 0.4) is 0 Å². The molecule has 4 aromatic rings. The molecular weight excluding hydrogens is 492 g/mol. The number of ether oxygens (including phenoxy) is 1. The number of rotatable bonds is 8. The molecule has 0 aliphatic heterocycles. The minimum absolute atomic E-state index is 0.0392. The number of aliphatic hydroxyl groups excluding tert-OH is 1. The molecular formula is C26H24ClF2N3O4. The van der Waals surface area contributed by atoms with E-state index in [0.717, 1.165) is 10.1 Å². The zero-order valence-electron chi connectivity index (χ0n) is 19.7. The summed E-state index contributed by atoms with van der Waals surface area (Å²) in [4.78, 5) is 30.9. The minimum Gasteiger partial charge on any atom is -0.433 e. The topological polar surface area (TPSA) is 86.3 Å². The molecule has 1 N–H and O–H groups in total. The van der Waals surface area contributed by atoms with E-state index in [4.69, 9.17) is 16.3 Å². The van der Waals surface area contributed by atoms with Crippen molar-refractivity contribution in [1.29, 1.82) is 0 Å². The quantitative estimate of drug-likeness (QED) is 0.376. The van der Waals surface area contributed by atoms with Crippen molar-refractivity contribution in [3.05, 3.63) is 91.7 Å². The Balaban J connectivity index is 2.01. The highest BCUT2D eigenvalue weighted by atomic mass is 35.5. The fourth-order valence-corrected chi connectivity index (χ4v) is 4.24. The molecule has 2 aromatic heterocycles. The van der Waals surface area contributed by atoms with Gasteiger partial charge in [-0.05, 0) is 53.8 Å². The first-order chi connectivity index (χ1) is 17.1. The van der Waals surface area contributed by atoms with Crippen LogP contribution in [0.5, 0.6) is 5.75 Å². The Morgan fingerprint density at radius 2 is 1.86 bits per heavy atom. The molecule has 0 saturated heterocycles. The molecule has 0 unspecified atom stereocenters. The Kier molecular flexibility index (Phi) is 7.23. The van der Waals surface area contributed by atoms with Crippen LogP contribution in [-0.2, 0) is 20.0 Å². The lowest BCUT2D eigenvalue weighted by Gasteiger charge is -2.17. The molecule has 0 atom stereocenters. The van der Waals surface area contributed by atoms with Crippen LogP contribution in [-0.4, -0.2) is 31.9 Å². The first-order valence-electron chi connectivity index (χ1n) is 11.2. The van der Waals surface area contributed by atoms with E-state index in [9.17, 15) is 23.5 Å². The Bertz CT molecular complexity index is 1530. The average molecular weight is 516 g/mol. The molecule has 0 fully saturated rings. The van der Waals surface area contributed by atoms with Crippen molar-refractivity contribution < 1.29 is 18.6 Å². The van der Waals surface area contributed by atoms with Gasteiger partial charge < -0.3 is 9.84 Å². The number of aromatic nitrogens is 3. The third-order valence-electron chi connectivity index (χ3n) is 5.74. The van der Waals surface area contributed by atoms with Crippen molar-refractivity contribution in [1.82, 2.24) is 14.1 Å². The summed E-state index contributed by atoms with van der Waals surface area (Å²) in [5, 5.41) is 10.0. The standard InChI is InChI=1S/C26H24ClF2N3O4/c1-26(28,29)36-19-6-3-5-17(14-19)21-15-30-23-22(20(21)13-16-7-9-18(27)10-8-16)24(34)32(11-4-12-33)25(35)31(23)2/h3,5-10,14-15,33H,4,11-13H2,1-2H3. The van der Waals surface area contributed by atoms with E-state index in [2.05, 4.69) is 4.98 Å². The van der Waals surface area contributed by atoms with E-state index in [1.807, 2.05) is 12.1 Å². The highest BCUT2D eigenvalue weighted by molar-refractivity contribution is 6.30. The summed E-state index contributed by atoms with van der Waals surface area (Å²) in [5.41, 5.74) is 1.59. The van der Waals surface area contributed by atoms with Gasteiger partial charge in [0.25, 0.3) is 5.56 Å². The first kappa shape index (κ1) is 25.5. The van der Waals surface area contributed by atoms with Gasteiger partial charge in [0, 0.05) is 43.9 Å². The molecule has 188 valence electrons. The maximum absolute atomic E-state index is 13.6. The van der Waals surface area contributed by atoms with Crippen LogP contribution in [0.4, 0.5) is 8.78 Å². The number of fused-ring (bicyclic) bond motifs is 1. The SMILES string of the molecule is Cn1c(=O)n(CCCO)c(=O)c2c(Cc3ccc(Cl)cc3)c(-c3cccc(OC(C)(F)F)c3)cnc21. The Hall–Kier alpha value is -3.56. The molecule has 2 heterocycles. The molecule has 0 amide bonds. The average Bonchev–Trinajstić information content (AvgIpc) is 2.83. The highest BCUT2D eigenvalue weighted by Crippen LogP contribution is 2.32. The van der Waals surface area contributed by atoms with Gasteiger partial charge in [0.05, 0.1) is 5.39 Å². The number of pyridine rings is 1. The van der Waals surface area contributed by atoms with Crippen molar-refractivity contribution in [3.8, 4) is 16.9 Å². The Labute approximate surface area is 210 Å². The summed E-state index contributed by atoms with van der Waals surface area (Å²) in [6, 6.07) is 13.3. The van der Waals surface area contributed by atoms with Gasteiger partial charge in [-0.2, -0.15) is 8.78 Å². The molecule has 0 spiro atoms. The van der Waals surface area contributed by atoms with Gasteiger partial charge in [0.15, 0.2) is 0 Å². The van der Waals surface area contributed by atoms with Crippen molar-refractivity contribution in [3.63, 3.8) is 0 Å². The third-order valence-corrected chi connectivity index (χ3v) is 5.99. The predicted molar refractivity (Wildman–Crippen MR) is 134 cm³/mol. The summed E-state index contributed by atoms with van der Waals surface area (Å²) < 4.78 is 34.1. The molecule has 36 heavy (non-hydrogen) atoms. The molecule has 0 radical (unpaired) electrons. The van der Waals surface area contributed by atoms with E-state index in [1.165, 1.54) is 29.9 Å². The summed E-state index contributed by atoms with van der Waals surface area (Å²) in [6.45, 7) is 0.508. The normalized spacial score (nSPS) is 11.7. The largest absolute Gasteiger partial charge is 0.433 e. The van der Waals surface area contributed by atoms with Gasteiger partial charge in [-0.15, -0.1) is 0 Å². The van der Waals surface area contributed by atoms with Crippen molar-refractivity contribution in [2.24, 2.45) is 7.05 Å². The van der Waals surface area contributed by atoms with E-state index in [-0.39, 0.29) is 42.8 Å².